The Bertz CT molecular complexity index is 422. The van der Waals surface area contributed by atoms with Crippen molar-refractivity contribution in [3.05, 3.63) is 35.6 Å². The Morgan fingerprint density at radius 3 is 2.72 bits per heavy atom. The molecule has 2 N–H and O–H groups in total. The van der Waals surface area contributed by atoms with E-state index >= 15 is 0 Å². The normalized spacial score (nSPS) is 23.8. The van der Waals surface area contributed by atoms with Gasteiger partial charge in [0.2, 0.25) is 0 Å². The first kappa shape index (κ1) is 12.8. The lowest BCUT2D eigenvalue weighted by Crippen LogP contribution is -2.46. The molecule has 2 atom stereocenters. The highest BCUT2D eigenvalue weighted by atomic mass is 19.1. The fraction of sp³-hybridized carbons (Fsp3) is 0.462. The Morgan fingerprint density at radius 2 is 2.11 bits per heavy atom. The second kappa shape index (κ2) is 5.35. The van der Waals surface area contributed by atoms with E-state index in [4.69, 9.17) is 5.90 Å². The molecule has 1 fully saturated rings. The van der Waals surface area contributed by atoms with Crippen LogP contribution in [0.25, 0.3) is 0 Å². The molecule has 18 heavy (non-hydrogen) atoms. The van der Waals surface area contributed by atoms with E-state index in [0.29, 0.717) is 6.54 Å². The molecular formula is C13H17FN2O2. The number of hydrogen-bond donors (Lipinski definition) is 1. The molecule has 0 radical (unpaired) electrons. The Kier molecular flexibility index (Phi) is 3.81. The molecule has 1 aliphatic heterocycles. The summed E-state index contributed by atoms with van der Waals surface area (Å²) in [4.78, 5) is 17.4. The first-order chi connectivity index (χ1) is 8.63. The van der Waals surface area contributed by atoms with Crippen molar-refractivity contribution in [1.82, 2.24) is 4.90 Å². The molecule has 0 spiro atoms. The first-order valence-electron chi connectivity index (χ1n) is 6.06. The Hall–Kier alpha value is -1.62. The van der Waals surface area contributed by atoms with Crippen molar-refractivity contribution in [1.29, 1.82) is 0 Å². The van der Waals surface area contributed by atoms with Crippen molar-refractivity contribution >= 4 is 6.09 Å². The quantitative estimate of drug-likeness (QED) is 0.781. The van der Waals surface area contributed by atoms with E-state index in [2.05, 4.69) is 4.84 Å². The molecule has 98 valence electrons. The van der Waals surface area contributed by atoms with E-state index in [1.807, 2.05) is 6.92 Å². The van der Waals surface area contributed by atoms with Crippen LogP contribution in [0.5, 0.6) is 0 Å². The largest absolute Gasteiger partial charge is 0.428 e. The third kappa shape index (κ3) is 2.46. The number of rotatable bonds is 1. The molecule has 0 aromatic heterocycles. The summed E-state index contributed by atoms with van der Waals surface area (Å²) in [6.07, 6.45) is 1.36. The number of benzene rings is 1. The van der Waals surface area contributed by atoms with Gasteiger partial charge >= 0.3 is 6.09 Å². The van der Waals surface area contributed by atoms with E-state index in [1.54, 1.807) is 17.0 Å². The van der Waals surface area contributed by atoms with Crippen molar-refractivity contribution in [3.8, 4) is 0 Å². The van der Waals surface area contributed by atoms with E-state index in [-0.39, 0.29) is 17.8 Å². The van der Waals surface area contributed by atoms with Crippen LogP contribution in [0.1, 0.15) is 31.2 Å². The number of likely N-dealkylation sites (tertiary alicyclic amines) is 1. The fourth-order valence-electron chi connectivity index (χ4n) is 2.62. The maximum Gasteiger partial charge on any atom is 0.428 e. The van der Waals surface area contributed by atoms with Crippen LogP contribution in [0.4, 0.5) is 9.18 Å². The van der Waals surface area contributed by atoms with Crippen LogP contribution in [0.3, 0.4) is 0 Å². The molecule has 0 saturated carbocycles. The molecule has 1 aromatic carbocycles. The maximum atomic E-state index is 12.9. The minimum absolute atomic E-state index is 0.000242. The molecule has 1 saturated heterocycles. The van der Waals surface area contributed by atoms with Gasteiger partial charge in [0.05, 0.1) is 0 Å². The van der Waals surface area contributed by atoms with Gasteiger partial charge in [-0.25, -0.2) is 9.18 Å². The third-order valence-corrected chi connectivity index (χ3v) is 3.62. The monoisotopic (exact) mass is 252 g/mol. The molecule has 2 unspecified atom stereocenters. The third-order valence-electron chi connectivity index (χ3n) is 3.62. The van der Waals surface area contributed by atoms with Gasteiger partial charge in [0.15, 0.2) is 0 Å². The second-order valence-corrected chi connectivity index (χ2v) is 4.62. The molecule has 2 rings (SSSR count). The van der Waals surface area contributed by atoms with Crippen molar-refractivity contribution in [2.45, 2.75) is 31.7 Å². The molecular weight excluding hydrogens is 235 g/mol. The van der Waals surface area contributed by atoms with Crippen molar-refractivity contribution in [3.63, 3.8) is 0 Å². The van der Waals surface area contributed by atoms with Crippen LogP contribution in [-0.4, -0.2) is 23.6 Å². The summed E-state index contributed by atoms with van der Waals surface area (Å²) in [7, 11) is 0. The van der Waals surface area contributed by atoms with Gasteiger partial charge in [-0.15, -0.1) is 0 Å². The number of nitrogens with two attached hydrogens (primary N) is 1. The molecule has 1 aliphatic rings. The second-order valence-electron chi connectivity index (χ2n) is 4.62. The molecule has 1 aromatic rings. The van der Waals surface area contributed by atoms with Gasteiger partial charge in [-0.3, -0.25) is 0 Å². The number of nitrogens with zero attached hydrogens (tertiary/aromatic N) is 1. The van der Waals surface area contributed by atoms with Crippen LogP contribution in [0, 0.1) is 5.82 Å². The molecule has 1 amide bonds. The minimum Gasteiger partial charge on any atom is -0.357 e. The highest BCUT2D eigenvalue weighted by molar-refractivity contribution is 5.68. The minimum atomic E-state index is -0.505. The van der Waals surface area contributed by atoms with E-state index in [9.17, 15) is 9.18 Å². The Labute approximate surface area is 105 Å². The highest BCUT2D eigenvalue weighted by Gasteiger charge is 2.32. The van der Waals surface area contributed by atoms with Gasteiger partial charge in [0.1, 0.15) is 5.82 Å². The summed E-state index contributed by atoms with van der Waals surface area (Å²) < 4.78 is 12.9. The zero-order chi connectivity index (χ0) is 13.1. The zero-order valence-corrected chi connectivity index (χ0v) is 10.3. The lowest BCUT2D eigenvalue weighted by atomic mass is 9.84. The van der Waals surface area contributed by atoms with Gasteiger partial charge in [0.25, 0.3) is 0 Å². The van der Waals surface area contributed by atoms with Gasteiger partial charge < -0.3 is 9.74 Å². The van der Waals surface area contributed by atoms with Crippen LogP contribution >= 0.6 is 0 Å². The smallest absolute Gasteiger partial charge is 0.357 e. The summed E-state index contributed by atoms with van der Waals surface area (Å²) in [5, 5.41) is 0. The average molecular weight is 252 g/mol. The molecule has 5 heteroatoms. The van der Waals surface area contributed by atoms with E-state index in [1.165, 1.54) is 12.1 Å². The summed E-state index contributed by atoms with van der Waals surface area (Å²) in [6, 6.07) is 6.44. The molecule has 1 heterocycles. The lowest BCUT2D eigenvalue weighted by Gasteiger charge is -2.38. The van der Waals surface area contributed by atoms with Crippen molar-refractivity contribution in [2.24, 2.45) is 5.90 Å². The average Bonchev–Trinajstić information content (AvgIpc) is 2.39. The number of carbonyl (C=O) groups excluding carboxylic acids is 1. The predicted octanol–water partition coefficient (Wildman–Crippen LogP) is 2.40. The van der Waals surface area contributed by atoms with Gasteiger partial charge in [-0.2, -0.15) is 5.90 Å². The number of hydrogen-bond acceptors (Lipinski definition) is 3. The molecule has 0 aliphatic carbocycles. The highest BCUT2D eigenvalue weighted by Crippen LogP contribution is 2.32. The summed E-state index contributed by atoms with van der Waals surface area (Å²) in [5.74, 6) is 4.87. The summed E-state index contributed by atoms with van der Waals surface area (Å²) >= 11 is 0. The van der Waals surface area contributed by atoms with Crippen LogP contribution in [0.2, 0.25) is 0 Å². The molecule has 0 bridgehead atoms. The fourth-order valence-corrected chi connectivity index (χ4v) is 2.62. The Balaban J connectivity index is 2.18. The zero-order valence-electron chi connectivity index (χ0n) is 10.3. The number of carbonyl (C=O) groups is 1. The predicted molar refractivity (Wildman–Crippen MR) is 65.2 cm³/mol. The number of piperidine rings is 1. The Morgan fingerprint density at radius 1 is 1.44 bits per heavy atom. The number of amides is 1. The lowest BCUT2D eigenvalue weighted by molar-refractivity contribution is 0.0709. The maximum absolute atomic E-state index is 12.9. The SMILES string of the molecule is CC1C(c2ccc(F)cc2)CCCN1C(=O)ON. The van der Waals surface area contributed by atoms with Crippen LogP contribution in [0.15, 0.2) is 24.3 Å². The topological polar surface area (TPSA) is 55.6 Å². The first-order valence-corrected chi connectivity index (χ1v) is 6.06. The van der Waals surface area contributed by atoms with E-state index < -0.39 is 6.09 Å². The van der Waals surface area contributed by atoms with Gasteiger partial charge in [-0.05, 0) is 37.5 Å². The van der Waals surface area contributed by atoms with E-state index in [0.717, 1.165) is 18.4 Å². The van der Waals surface area contributed by atoms with Crippen LogP contribution in [-0.2, 0) is 4.84 Å². The standard InChI is InChI=1S/C13H17FN2O2/c1-9-12(10-4-6-11(14)7-5-10)3-2-8-16(9)13(17)18-15/h4-7,9,12H,2-3,8,15H2,1H3. The van der Waals surface area contributed by atoms with Crippen LogP contribution < -0.4 is 5.90 Å². The van der Waals surface area contributed by atoms with Gasteiger partial charge in [-0.1, -0.05) is 12.1 Å². The van der Waals surface area contributed by atoms with Crippen molar-refractivity contribution < 1.29 is 14.0 Å². The summed E-state index contributed by atoms with van der Waals surface area (Å²) in [6.45, 7) is 2.61. The van der Waals surface area contributed by atoms with Gasteiger partial charge in [0, 0.05) is 18.5 Å². The van der Waals surface area contributed by atoms with Crippen molar-refractivity contribution in [2.75, 3.05) is 6.54 Å². The number of halogens is 1. The molecule has 4 nitrogen and oxygen atoms in total. The summed E-state index contributed by atoms with van der Waals surface area (Å²) in [5.41, 5.74) is 1.04.